The minimum absolute atomic E-state index is 0.0892. The molecule has 6 nitrogen and oxygen atoms in total. The summed E-state index contributed by atoms with van der Waals surface area (Å²) in [6.07, 6.45) is 5.95. The number of methoxy groups -OCH3 is 2. The van der Waals surface area contributed by atoms with Gasteiger partial charge in [-0.1, -0.05) is 0 Å². The first-order valence-corrected chi connectivity index (χ1v) is 9.74. The molecule has 0 atom stereocenters. The number of rotatable bonds is 4. The number of hydrogen-bond donors (Lipinski definition) is 0. The van der Waals surface area contributed by atoms with Crippen LogP contribution in [0, 0.1) is 6.92 Å². The zero-order valence-electron chi connectivity index (χ0n) is 15.6. The third kappa shape index (κ3) is 3.12. The molecule has 140 valence electrons. The molecule has 0 fully saturated rings. The van der Waals surface area contributed by atoms with Crippen LogP contribution in [0.3, 0.4) is 0 Å². The quantitative estimate of drug-likeness (QED) is 0.647. The summed E-state index contributed by atoms with van der Waals surface area (Å²) in [6.45, 7) is 1.81. The summed E-state index contributed by atoms with van der Waals surface area (Å²) in [5.41, 5.74) is 1.90. The van der Waals surface area contributed by atoms with E-state index in [-0.39, 0.29) is 5.56 Å². The van der Waals surface area contributed by atoms with Crippen LogP contribution in [0.4, 0.5) is 0 Å². The highest BCUT2D eigenvalue weighted by molar-refractivity contribution is 7.18. The Morgan fingerprint density at radius 1 is 1.19 bits per heavy atom. The van der Waals surface area contributed by atoms with Crippen LogP contribution in [-0.4, -0.2) is 30.1 Å². The maximum atomic E-state index is 13.1. The molecule has 0 N–H and O–H groups in total. The van der Waals surface area contributed by atoms with Crippen LogP contribution in [0.5, 0.6) is 11.5 Å². The summed E-state index contributed by atoms with van der Waals surface area (Å²) in [5.74, 6) is 1.85. The van der Waals surface area contributed by atoms with Crippen molar-refractivity contribution in [3.8, 4) is 11.5 Å². The minimum Gasteiger partial charge on any atom is -0.493 e. The molecule has 0 saturated heterocycles. The van der Waals surface area contributed by atoms with Gasteiger partial charge >= 0.3 is 0 Å². The second-order valence-electron chi connectivity index (χ2n) is 6.53. The fraction of sp³-hybridized carbons (Fsp3) is 0.350. The molecule has 1 aliphatic rings. The van der Waals surface area contributed by atoms with Crippen LogP contribution in [0.2, 0.25) is 0 Å². The van der Waals surface area contributed by atoms with Gasteiger partial charge in [-0.15, -0.1) is 11.3 Å². The molecular weight excluding hydrogens is 362 g/mol. The number of benzene rings is 1. The van der Waals surface area contributed by atoms with E-state index < -0.39 is 0 Å². The standard InChI is InChI=1S/C20H21N3O3S/c1-12-22-19-18(14-6-4-5-7-17(14)27-19)20(24)23(12)21-11-13-8-9-15(25-2)16(10-13)26-3/h8-11H,4-7H2,1-3H3/b21-11+. The Bertz CT molecular complexity index is 1100. The highest BCUT2D eigenvalue weighted by Crippen LogP contribution is 2.33. The van der Waals surface area contributed by atoms with E-state index in [1.807, 2.05) is 25.1 Å². The van der Waals surface area contributed by atoms with E-state index in [1.54, 1.807) is 31.8 Å². The van der Waals surface area contributed by atoms with Crippen molar-refractivity contribution in [2.24, 2.45) is 5.10 Å². The molecule has 0 radical (unpaired) electrons. The number of ether oxygens (including phenoxy) is 2. The van der Waals surface area contributed by atoms with Gasteiger partial charge in [0.05, 0.1) is 25.8 Å². The van der Waals surface area contributed by atoms with Gasteiger partial charge in [0.1, 0.15) is 10.7 Å². The molecule has 0 aliphatic heterocycles. The lowest BCUT2D eigenvalue weighted by atomic mass is 9.97. The number of aromatic nitrogens is 2. The van der Waals surface area contributed by atoms with Gasteiger partial charge in [-0.3, -0.25) is 4.79 Å². The molecule has 3 aromatic rings. The van der Waals surface area contributed by atoms with Crippen LogP contribution < -0.4 is 15.0 Å². The van der Waals surface area contributed by atoms with Crippen LogP contribution >= 0.6 is 11.3 Å². The number of aryl methyl sites for hydroxylation is 3. The smallest absolute Gasteiger partial charge is 0.283 e. The van der Waals surface area contributed by atoms with E-state index in [0.717, 1.165) is 35.0 Å². The maximum Gasteiger partial charge on any atom is 0.283 e. The topological polar surface area (TPSA) is 65.7 Å². The van der Waals surface area contributed by atoms with Gasteiger partial charge in [0.15, 0.2) is 11.5 Å². The Kier molecular flexibility index (Phi) is 4.70. The van der Waals surface area contributed by atoms with E-state index in [4.69, 9.17) is 9.47 Å². The third-order valence-corrected chi connectivity index (χ3v) is 6.04. The highest BCUT2D eigenvalue weighted by Gasteiger charge is 2.21. The molecule has 0 bridgehead atoms. The van der Waals surface area contributed by atoms with Crippen molar-refractivity contribution in [1.29, 1.82) is 0 Å². The molecule has 4 rings (SSSR count). The van der Waals surface area contributed by atoms with E-state index in [2.05, 4.69) is 10.1 Å². The largest absolute Gasteiger partial charge is 0.493 e. The van der Waals surface area contributed by atoms with E-state index >= 15 is 0 Å². The van der Waals surface area contributed by atoms with Crippen molar-refractivity contribution < 1.29 is 9.47 Å². The fourth-order valence-corrected chi connectivity index (χ4v) is 4.79. The molecule has 1 aliphatic carbocycles. The molecular formula is C20H21N3O3S. The predicted octanol–water partition coefficient (Wildman–Crippen LogP) is 3.54. The van der Waals surface area contributed by atoms with Crippen molar-refractivity contribution in [3.63, 3.8) is 0 Å². The van der Waals surface area contributed by atoms with Gasteiger partial charge in [0.2, 0.25) is 0 Å². The van der Waals surface area contributed by atoms with Crippen LogP contribution in [0.1, 0.15) is 34.7 Å². The number of hydrogen-bond acceptors (Lipinski definition) is 6. The summed E-state index contributed by atoms with van der Waals surface area (Å²) < 4.78 is 12.0. The zero-order chi connectivity index (χ0) is 19.0. The number of thiophene rings is 1. The zero-order valence-corrected chi connectivity index (χ0v) is 16.4. The molecule has 0 unspecified atom stereocenters. The predicted molar refractivity (Wildman–Crippen MR) is 108 cm³/mol. The molecule has 27 heavy (non-hydrogen) atoms. The molecule has 0 amide bonds. The molecule has 0 saturated carbocycles. The first-order valence-electron chi connectivity index (χ1n) is 8.92. The minimum atomic E-state index is -0.0892. The SMILES string of the molecule is COc1ccc(/C=N/n2c(C)nc3sc4c(c3c2=O)CCCC4)cc1OC. The number of fused-ring (bicyclic) bond motifs is 3. The van der Waals surface area contributed by atoms with Crippen LogP contribution in [0.25, 0.3) is 10.2 Å². The Morgan fingerprint density at radius 2 is 1.96 bits per heavy atom. The lowest BCUT2D eigenvalue weighted by molar-refractivity contribution is 0.355. The lowest BCUT2D eigenvalue weighted by Gasteiger charge is -2.10. The van der Waals surface area contributed by atoms with E-state index in [0.29, 0.717) is 17.3 Å². The maximum absolute atomic E-state index is 13.1. The molecule has 2 heterocycles. The van der Waals surface area contributed by atoms with Crippen molar-refractivity contribution in [1.82, 2.24) is 9.66 Å². The molecule has 0 spiro atoms. The Hall–Kier alpha value is -2.67. The van der Waals surface area contributed by atoms with Crippen molar-refractivity contribution >= 4 is 27.8 Å². The monoisotopic (exact) mass is 383 g/mol. The van der Waals surface area contributed by atoms with E-state index in [9.17, 15) is 4.79 Å². The second kappa shape index (κ2) is 7.15. The van der Waals surface area contributed by atoms with Crippen molar-refractivity contribution in [2.45, 2.75) is 32.6 Å². The summed E-state index contributed by atoms with van der Waals surface area (Å²) in [6, 6.07) is 5.50. The summed E-state index contributed by atoms with van der Waals surface area (Å²) in [5, 5.41) is 5.15. The van der Waals surface area contributed by atoms with Gasteiger partial charge < -0.3 is 9.47 Å². The van der Waals surface area contributed by atoms with Crippen molar-refractivity contribution in [3.05, 3.63) is 50.4 Å². The Labute approximate surface area is 161 Å². The van der Waals surface area contributed by atoms with Gasteiger partial charge in [0, 0.05) is 4.88 Å². The average Bonchev–Trinajstić information content (AvgIpc) is 3.05. The van der Waals surface area contributed by atoms with Crippen LogP contribution in [0.15, 0.2) is 28.1 Å². The van der Waals surface area contributed by atoms with Gasteiger partial charge in [0.25, 0.3) is 5.56 Å². The molecule has 7 heteroatoms. The number of nitrogens with zero attached hydrogens (tertiary/aromatic N) is 3. The summed E-state index contributed by atoms with van der Waals surface area (Å²) in [7, 11) is 3.18. The second-order valence-corrected chi connectivity index (χ2v) is 7.61. The highest BCUT2D eigenvalue weighted by atomic mass is 32.1. The van der Waals surface area contributed by atoms with Crippen molar-refractivity contribution in [2.75, 3.05) is 14.2 Å². The average molecular weight is 383 g/mol. The normalized spacial score (nSPS) is 13.9. The first-order chi connectivity index (χ1) is 13.1. The van der Waals surface area contributed by atoms with Crippen LogP contribution in [-0.2, 0) is 12.8 Å². The third-order valence-electron chi connectivity index (χ3n) is 4.86. The van der Waals surface area contributed by atoms with Gasteiger partial charge in [-0.25, -0.2) is 4.98 Å². The lowest BCUT2D eigenvalue weighted by Crippen LogP contribution is -2.21. The van der Waals surface area contributed by atoms with E-state index in [1.165, 1.54) is 21.5 Å². The first kappa shape index (κ1) is 17.7. The summed E-state index contributed by atoms with van der Waals surface area (Å²) >= 11 is 1.65. The molecule has 1 aromatic carbocycles. The van der Waals surface area contributed by atoms with Gasteiger partial charge in [-0.2, -0.15) is 9.78 Å². The Morgan fingerprint density at radius 3 is 2.74 bits per heavy atom. The molecule has 2 aromatic heterocycles. The Balaban J connectivity index is 1.78. The fourth-order valence-electron chi connectivity index (χ4n) is 3.49. The van der Waals surface area contributed by atoms with Gasteiger partial charge in [-0.05, 0) is 61.9 Å². The summed E-state index contributed by atoms with van der Waals surface area (Å²) in [4.78, 5) is 19.9.